The minimum atomic E-state index is 0. The molecule has 2 heterocycles. The summed E-state index contributed by atoms with van der Waals surface area (Å²) in [5.74, 6) is 0.918. The Hall–Kier alpha value is -0.280. The SMILES string of the molecule is CCNC(=NCCc1c(Cl)cccc1Cl)N1CCOC(C2CCCO2)C1.I. The van der Waals surface area contributed by atoms with Crippen molar-refractivity contribution in [2.45, 2.75) is 38.4 Å². The molecule has 0 radical (unpaired) electrons. The van der Waals surface area contributed by atoms with Crippen LogP contribution in [0.3, 0.4) is 0 Å². The van der Waals surface area contributed by atoms with Crippen molar-refractivity contribution in [1.29, 1.82) is 0 Å². The zero-order chi connectivity index (χ0) is 18.4. The Kier molecular flexibility index (Phi) is 9.93. The molecule has 0 bridgehead atoms. The van der Waals surface area contributed by atoms with Crippen LogP contribution in [0.1, 0.15) is 25.3 Å². The van der Waals surface area contributed by atoms with E-state index in [0.29, 0.717) is 29.6 Å². The van der Waals surface area contributed by atoms with Crippen LogP contribution in [0.15, 0.2) is 23.2 Å². The number of halogens is 3. The fourth-order valence-corrected chi connectivity index (χ4v) is 4.05. The van der Waals surface area contributed by atoms with Crippen LogP contribution in [-0.2, 0) is 15.9 Å². The van der Waals surface area contributed by atoms with Gasteiger partial charge in [0.1, 0.15) is 6.10 Å². The Morgan fingerprint density at radius 3 is 2.63 bits per heavy atom. The van der Waals surface area contributed by atoms with E-state index in [1.807, 2.05) is 18.2 Å². The highest BCUT2D eigenvalue weighted by Crippen LogP contribution is 2.25. The predicted octanol–water partition coefficient (Wildman–Crippen LogP) is 4.00. The van der Waals surface area contributed by atoms with Crippen molar-refractivity contribution in [2.24, 2.45) is 4.99 Å². The third kappa shape index (κ3) is 6.35. The van der Waals surface area contributed by atoms with E-state index < -0.39 is 0 Å². The summed E-state index contributed by atoms with van der Waals surface area (Å²) in [6.07, 6.45) is 3.25. The van der Waals surface area contributed by atoms with E-state index in [1.54, 1.807) is 0 Å². The summed E-state index contributed by atoms with van der Waals surface area (Å²) in [5.41, 5.74) is 0.953. The van der Waals surface area contributed by atoms with Gasteiger partial charge in [0, 0.05) is 42.8 Å². The molecule has 2 aliphatic rings. The lowest BCUT2D eigenvalue weighted by atomic mass is 10.1. The van der Waals surface area contributed by atoms with E-state index in [2.05, 4.69) is 17.1 Å². The van der Waals surface area contributed by atoms with E-state index in [9.17, 15) is 0 Å². The van der Waals surface area contributed by atoms with Crippen LogP contribution in [-0.4, -0.2) is 62.5 Å². The third-order valence-electron chi connectivity index (χ3n) is 4.79. The molecule has 0 aromatic heterocycles. The number of rotatable bonds is 5. The van der Waals surface area contributed by atoms with Crippen molar-refractivity contribution in [3.63, 3.8) is 0 Å². The summed E-state index contributed by atoms with van der Waals surface area (Å²) < 4.78 is 11.7. The van der Waals surface area contributed by atoms with Crippen molar-refractivity contribution in [3.8, 4) is 0 Å². The minimum Gasteiger partial charge on any atom is -0.375 e. The number of guanidine groups is 1. The van der Waals surface area contributed by atoms with Gasteiger partial charge in [0.25, 0.3) is 0 Å². The number of nitrogens with one attached hydrogen (secondary N) is 1. The smallest absolute Gasteiger partial charge is 0.194 e. The third-order valence-corrected chi connectivity index (χ3v) is 5.50. The van der Waals surface area contributed by atoms with Gasteiger partial charge in [-0.3, -0.25) is 4.99 Å². The number of ether oxygens (including phenoxy) is 2. The van der Waals surface area contributed by atoms with Crippen molar-refractivity contribution >= 4 is 53.1 Å². The largest absolute Gasteiger partial charge is 0.375 e. The van der Waals surface area contributed by atoms with Crippen molar-refractivity contribution in [3.05, 3.63) is 33.8 Å². The average Bonchev–Trinajstić information content (AvgIpc) is 3.18. The van der Waals surface area contributed by atoms with Gasteiger partial charge in [-0.1, -0.05) is 29.3 Å². The molecule has 0 amide bonds. The lowest BCUT2D eigenvalue weighted by Crippen LogP contribution is -2.53. The second kappa shape index (κ2) is 11.7. The Morgan fingerprint density at radius 2 is 1.96 bits per heavy atom. The zero-order valence-corrected chi connectivity index (χ0v) is 19.5. The standard InChI is InChI=1S/C19H27Cl2N3O2.HI/c1-2-22-19(23-9-8-14-15(20)5-3-6-16(14)21)24-10-12-26-18(13-24)17-7-4-11-25-17;/h3,5-6,17-18H,2,4,7-13H2,1H3,(H,22,23);1H. The molecule has 2 unspecified atom stereocenters. The fraction of sp³-hybridized carbons (Fsp3) is 0.632. The Labute approximate surface area is 188 Å². The Morgan fingerprint density at radius 1 is 1.22 bits per heavy atom. The number of hydrogen-bond donors (Lipinski definition) is 1. The second-order valence-corrected chi connectivity index (χ2v) is 7.41. The van der Waals surface area contributed by atoms with Crippen LogP contribution in [0.2, 0.25) is 10.0 Å². The maximum absolute atomic E-state index is 6.26. The molecule has 152 valence electrons. The molecule has 2 saturated heterocycles. The van der Waals surface area contributed by atoms with Crippen LogP contribution in [0.5, 0.6) is 0 Å². The first-order chi connectivity index (χ1) is 12.7. The monoisotopic (exact) mass is 527 g/mol. The summed E-state index contributed by atoms with van der Waals surface area (Å²) in [7, 11) is 0. The second-order valence-electron chi connectivity index (χ2n) is 6.59. The molecule has 5 nitrogen and oxygen atoms in total. The molecule has 27 heavy (non-hydrogen) atoms. The Bertz CT molecular complexity index is 607. The van der Waals surface area contributed by atoms with Gasteiger partial charge in [-0.25, -0.2) is 0 Å². The van der Waals surface area contributed by atoms with Crippen LogP contribution in [0.25, 0.3) is 0 Å². The van der Waals surface area contributed by atoms with Crippen molar-refractivity contribution < 1.29 is 9.47 Å². The molecular formula is C19H28Cl2IN3O2. The van der Waals surface area contributed by atoms with Crippen LogP contribution in [0.4, 0.5) is 0 Å². The topological polar surface area (TPSA) is 46.1 Å². The van der Waals surface area contributed by atoms with Gasteiger partial charge >= 0.3 is 0 Å². The first-order valence-electron chi connectivity index (χ1n) is 9.38. The molecule has 8 heteroatoms. The normalized spacial score (nSPS) is 23.2. The van der Waals surface area contributed by atoms with Gasteiger partial charge in [-0.15, -0.1) is 24.0 Å². The molecule has 1 N–H and O–H groups in total. The first-order valence-corrected chi connectivity index (χ1v) is 10.1. The summed E-state index contributed by atoms with van der Waals surface area (Å²) in [6.45, 7) is 6.73. The summed E-state index contributed by atoms with van der Waals surface area (Å²) in [5, 5.41) is 4.79. The molecule has 0 spiro atoms. The van der Waals surface area contributed by atoms with Crippen molar-refractivity contribution in [2.75, 3.05) is 39.4 Å². The van der Waals surface area contributed by atoms with Crippen LogP contribution < -0.4 is 5.32 Å². The average molecular weight is 528 g/mol. The zero-order valence-electron chi connectivity index (χ0n) is 15.6. The molecule has 3 rings (SSSR count). The predicted molar refractivity (Wildman–Crippen MR) is 122 cm³/mol. The highest BCUT2D eigenvalue weighted by molar-refractivity contribution is 14.0. The molecule has 2 atom stereocenters. The molecule has 0 aliphatic carbocycles. The molecule has 1 aromatic rings. The lowest BCUT2D eigenvalue weighted by Gasteiger charge is -2.37. The quantitative estimate of drug-likeness (QED) is 0.357. The molecular weight excluding hydrogens is 500 g/mol. The maximum atomic E-state index is 6.26. The van der Waals surface area contributed by atoms with Crippen molar-refractivity contribution in [1.82, 2.24) is 10.2 Å². The van der Waals surface area contributed by atoms with Crippen LogP contribution in [0, 0.1) is 0 Å². The van der Waals surface area contributed by atoms with E-state index in [0.717, 1.165) is 50.6 Å². The van der Waals surface area contributed by atoms with Gasteiger partial charge in [-0.05, 0) is 43.9 Å². The van der Waals surface area contributed by atoms with Gasteiger partial charge in [0.2, 0.25) is 0 Å². The first kappa shape index (κ1) is 23.0. The van der Waals surface area contributed by atoms with Crippen LogP contribution >= 0.6 is 47.2 Å². The lowest BCUT2D eigenvalue weighted by molar-refractivity contribution is -0.0817. The van der Waals surface area contributed by atoms with E-state index in [4.69, 9.17) is 37.7 Å². The highest BCUT2D eigenvalue weighted by Gasteiger charge is 2.32. The van der Waals surface area contributed by atoms with Gasteiger partial charge in [-0.2, -0.15) is 0 Å². The number of aliphatic imine (C=N–C) groups is 1. The van der Waals surface area contributed by atoms with Gasteiger partial charge in [0.05, 0.1) is 12.7 Å². The molecule has 2 fully saturated rings. The number of morpholine rings is 1. The fourth-order valence-electron chi connectivity index (χ4n) is 3.46. The Balaban J connectivity index is 0.00000261. The number of nitrogens with zero attached hydrogens (tertiary/aromatic N) is 2. The molecule has 1 aromatic carbocycles. The molecule has 2 aliphatic heterocycles. The maximum Gasteiger partial charge on any atom is 0.194 e. The molecule has 0 saturated carbocycles. The highest BCUT2D eigenvalue weighted by atomic mass is 127. The van der Waals surface area contributed by atoms with E-state index in [-0.39, 0.29) is 36.2 Å². The summed E-state index contributed by atoms with van der Waals surface area (Å²) in [6, 6.07) is 5.60. The summed E-state index contributed by atoms with van der Waals surface area (Å²) in [4.78, 5) is 7.06. The van der Waals surface area contributed by atoms with Gasteiger partial charge < -0.3 is 19.7 Å². The summed E-state index contributed by atoms with van der Waals surface area (Å²) >= 11 is 12.5. The van der Waals surface area contributed by atoms with E-state index in [1.165, 1.54) is 0 Å². The number of hydrogen-bond acceptors (Lipinski definition) is 3. The minimum absolute atomic E-state index is 0. The van der Waals surface area contributed by atoms with Gasteiger partial charge in [0.15, 0.2) is 5.96 Å². The number of benzene rings is 1. The van der Waals surface area contributed by atoms with E-state index >= 15 is 0 Å².